The summed E-state index contributed by atoms with van der Waals surface area (Å²) in [7, 11) is 0. The molecule has 1 amide bonds. The number of aryl methyl sites for hydroxylation is 1. The Morgan fingerprint density at radius 1 is 1.04 bits per heavy atom. The summed E-state index contributed by atoms with van der Waals surface area (Å²) in [5.74, 6) is 0.588. The highest BCUT2D eigenvalue weighted by molar-refractivity contribution is 8.04. The number of thioether (sulfide) groups is 1. The lowest BCUT2D eigenvalue weighted by Gasteiger charge is -2.33. The molecule has 28 heavy (non-hydrogen) atoms. The second-order valence-electron chi connectivity index (χ2n) is 6.48. The lowest BCUT2D eigenvalue weighted by molar-refractivity contribution is -0.119. The van der Waals surface area contributed by atoms with E-state index in [-0.39, 0.29) is 11.7 Å². The van der Waals surface area contributed by atoms with Crippen LogP contribution < -0.4 is 5.01 Å². The Morgan fingerprint density at radius 3 is 2.32 bits per heavy atom. The number of nitrogens with zero attached hydrogens (tertiary/aromatic N) is 4. The molecule has 0 radical (unpaired) electrons. The molecule has 1 aliphatic rings. The smallest absolute Gasteiger partial charge is 0.246 e. The third-order valence-corrected chi connectivity index (χ3v) is 5.68. The minimum absolute atomic E-state index is 0.000882. The van der Waals surface area contributed by atoms with Crippen molar-refractivity contribution in [1.82, 2.24) is 14.9 Å². The molecular formula is C20H23ClN4O2S. The van der Waals surface area contributed by atoms with Crippen molar-refractivity contribution in [2.45, 2.75) is 58.0 Å². The molecule has 1 aromatic heterocycles. The number of hydrogen-bond donors (Lipinski definition) is 0. The zero-order valence-corrected chi connectivity index (χ0v) is 17.8. The van der Waals surface area contributed by atoms with Crippen molar-refractivity contribution in [3.63, 3.8) is 0 Å². The van der Waals surface area contributed by atoms with Crippen LogP contribution >= 0.6 is 23.4 Å². The largest absolute Gasteiger partial charge is 0.294 e. The van der Waals surface area contributed by atoms with Crippen molar-refractivity contribution in [2.75, 3.05) is 5.01 Å². The average Bonchev–Trinajstić information content (AvgIpc) is 3.10. The van der Waals surface area contributed by atoms with Gasteiger partial charge in [-0.2, -0.15) is 0 Å². The number of rotatable bonds is 7. The van der Waals surface area contributed by atoms with Crippen LogP contribution in [0.5, 0.6) is 0 Å². The second-order valence-corrected chi connectivity index (χ2v) is 7.89. The fourth-order valence-electron chi connectivity index (χ4n) is 3.06. The quantitative estimate of drug-likeness (QED) is 0.657. The first-order valence-corrected chi connectivity index (χ1v) is 10.7. The Bertz CT molecular complexity index is 921. The highest BCUT2D eigenvalue weighted by Gasteiger charge is 2.36. The number of benzene rings is 1. The standard InChI is InChI=1S/C20H23ClN4O2S/c1-4-7-15(26)19-18(13-9-11-14(21)12-10-13)25(17(27)8-5-2)24-16(6-3)22-23-20(24)28-19/h9-12H,4-8H2,1-3H3. The molecule has 0 atom stereocenters. The number of ketones is 1. The fourth-order valence-corrected chi connectivity index (χ4v) is 4.24. The minimum Gasteiger partial charge on any atom is -0.294 e. The van der Waals surface area contributed by atoms with Crippen LogP contribution in [0.3, 0.4) is 0 Å². The van der Waals surface area contributed by atoms with Crippen LogP contribution in [0.4, 0.5) is 0 Å². The zero-order valence-electron chi connectivity index (χ0n) is 16.2. The van der Waals surface area contributed by atoms with E-state index in [0.29, 0.717) is 52.3 Å². The van der Waals surface area contributed by atoms with Crippen LogP contribution in [-0.2, 0) is 16.0 Å². The Hall–Kier alpha value is -2.12. The summed E-state index contributed by atoms with van der Waals surface area (Å²) in [6.45, 7) is 5.89. The monoisotopic (exact) mass is 418 g/mol. The molecule has 0 spiro atoms. The van der Waals surface area contributed by atoms with Gasteiger partial charge in [0, 0.05) is 29.8 Å². The van der Waals surface area contributed by atoms with Gasteiger partial charge in [-0.25, -0.2) is 9.69 Å². The van der Waals surface area contributed by atoms with E-state index >= 15 is 0 Å². The van der Waals surface area contributed by atoms with Gasteiger partial charge >= 0.3 is 0 Å². The van der Waals surface area contributed by atoms with E-state index < -0.39 is 0 Å². The summed E-state index contributed by atoms with van der Waals surface area (Å²) in [5, 5.41) is 11.2. The van der Waals surface area contributed by atoms with E-state index in [1.807, 2.05) is 32.9 Å². The molecule has 8 heteroatoms. The molecule has 0 saturated carbocycles. The van der Waals surface area contributed by atoms with E-state index in [1.54, 1.807) is 21.8 Å². The summed E-state index contributed by atoms with van der Waals surface area (Å²) in [5.41, 5.74) is 1.35. The van der Waals surface area contributed by atoms with Crippen molar-refractivity contribution < 1.29 is 9.59 Å². The Labute approximate surface area is 173 Å². The van der Waals surface area contributed by atoms with Crippen LogP contribution in [-0.4, -0.2) is 26.6 Å². The number of carbonyl (C=O) groups is 2. The number of Topliss-reactive ketones (excluding diaryl/α,β-unsaturated/α-hetero) is 1. The number of fused-ring (bicyclic) bond motifs is 1. The van der Waals surface area contributed by atoms with Crippen molar-refractivity contribution in [3.05, 3.63) is 45.6 Å². The number of halogens is 1. The molecule has 0 aliphatic carbocycles. The highest BCUT2D eigenvalue weighted by Crippen LogP contribution is 2.41. The van der Waals surface area contributed by atoms with Crippen LogP contribution in [0.15, 0.2) is 34.3 Å². The van der Waals surface area contributed by atoms with E-state index in [0.717, 1.165) is 12.0 Å². The summed E-state index contributed by atoms with van der Waals surface area (Å²) in [4.78, 5) is 26.7. The van der Waals surface area contributed by atoms with Gasteiger partial charge in [0.25, 0.3) is 0 Å². The van der Waals surface area contributed by atoms with Crippen LogP contribution in [0.25, 0.3) is 5.70 Å². The predicted octanol–water partition coefficient (Wildman–Crippen LogP) is 4.60. The van der Waals surface area contributed by atoms with Gasteiger partial charge in [-0.05, 0) is 36.7 Å². The normalized spacial score (nSPS) is 13.6. The summed E-state index contributed by atoms with van der Waals surface area (Å²) in [6, 6.07) is 7.21. The third-order valence-electron chi connectivity index (χ3n) is 4.36. The number of carbonyl (C=O) groups excluding carboxylic acids is 2. The molecule has 2 heterocycles. The van der Waals surface area contributed by atoms with Crippen molar-refractivity contribution in [3.8, 4) is 0 Å². The van der Waals surface area contributed by atoms with E-state index in [4.69, 9.17) is 11.6 Å². The van der Waals surface area contributed by atoms with E-state index in [2.05, 4.69) is 10.2 Å². The first-order chi connectivity index (χ1) is 13.5. The van der Waals surface area contributed by atoms with Gasteiger partial charge in [0.1, 0.15) is 0 Å². The van der Waals surface area contributed by atoms with Crippen molar-refractivity contribution >= 4 is 40.8 Å². The van der Waals surface area contributed by atoms with Crippen LogP contribution in [0.2, 0.25) is 5.02 Å². The minimum atomic E-state index is -0.0923. The van der Waals surface area contributed by atoms with Gasteiger partial charge < -0.3 is 0 Å². The van der Waals surface area contributed by atoms with Crippen molar-refractivity contribution in [1.29, 1.82) is 0 Å². The van der Waals surface area contributed by atoms with Crippen LogP contribution in [0, 0.1) is 0 Å². The molecule has 6 nitrogen and oxygen atoms in total. The average molecular weight is 419 g/mol. The summed E-state index contributed by atoms with van der Waals surface area (Å²) >= 11 is 7.35. The van der Waals surface area contributed by atoms with Gasteiger partial charge in [-0.3, -0.25) is 9.59 Å². The van der Waals surface area contributed by atoms with Crippen molar-refractivity contribution in [2.24, 2.45) is 0 Å². The first kappa shape index (κ1) is 20.6. The van der Waals surface area contributed by atoms with E-state index in [9.17, 15) is 9.59 Å². The molecule has 0 N–H and O–H groups in total. The Kier molecular flexibility index (Phi) is 6.57. The van der Waals surface area contributed by atoms with E-state index in [1.165, 1.54) is 11.8 Å². The molecule has 3 rings (SSSR count). The molecular weight excluding hydrogens is 396 g/mol. The number of aromatic nitrogens is 3. The topological polar surface area (TPSA) is 68.1 Å². The second kappa shape index (κ2) is 8.92. The SMILES string of the molecule is CCCC(=O)C1=C(c2ccc(Cl)cc2)N(C(=O)CCC)n2c(CC)nnc2S1. The van der Waals surface area contributed by atoms with Gasteiger partial charge in [-0.15, -0.1) is 10.2 Å². The molecule has 0 fully saturated rings. The third kappa shape index (κ3) is 3.86. The summed E-state index contributed by atoms with van der Waals surface area (Å²) in [6.07, 6.45) is 2.82. The molecule has 0 unspecified atom stereocenters. The molecule has 148 valence electrons. The summed E-state index contributed by atoms with van der Waals surface area (Å²) < 4.78 is 1.75. The number of hydrogen-bond acceptors (Lipinski definition) is 5. The highest BCUT2D eigenvalue weighted by atomic mass is 35.5. The first-order valence-electron chi connectivity index (χ1n) is 9.50. The number of amides is 1. The molecule has 0 bridgehead atoms. The van der Waals surface area contributed by atoms with Gasteiger partial charge in [0.2, 0.25) is 11.1 Å². The van der Waals surface area contributed by atoms with Crippen LogP contribution in [0.1, 0.15) is 57.8 Å². The van der Waals surface area contributed by atoms with Gasteiger partial charge in [0.15, 0.2) is 11.6 Å². The van der Waals surface area contributed by atoms with Gasteiger partial charge in [-0.1, -0.05) is 44.5 Å². The molecule has 1 aliphatic heterocycles. The maximum absolute atomic E-state index is 13.2. The Balaban J connectivity index is 2.26. The molecule has 2 aromatic rings. The molecule has 1 aromatic carbocycles. The lowest BCUT2D eigenvalue weighted by atomic mass is 10.1. The zero-order chi connectivity index (χ0) is 20.3. The van der Waals surface area contributed by atoms with Gasteiger partial charge in [0.05, 0.1) is 10.6 Å². The lowest BCUT2D eigenvalue weighted by Crippen LogP contribution is -2.43. The maximum atomic E-state index is 13.2. The fraction of sp³-hybridized carbons (Fsp3) is 0.400. The molecule has 0 saturated heterocycles. The Morgan fingerprint density at radius 2 is 1.71 bits per heavy atom. The number of allylic oxidation sites excluding steroid dienone is 1. The maximum Gasteiger partial charge on any atom is 0.246 e. The predicted molar refractivity (Wildman–Crippen MR) is 112 cm³/mol.